The van der Waals surface area contributed by atoms with Crippen LogP contribution in [-0.2, 0) is 10.0 Å². The molecule has 1 aromatic carbocycles. The van der Waals surface area contributed by atoms with Gasteiger partial charge in [-0.3, -0.25) is 9.78 Å². The standard InChI is InChI=1S/C16H17BrClN3O3S/c1-3-21(4-2)25(23,24)15-8-13(5-6-14(15)18)20-16(22)11-7-12(17)10-19-9-11/h5-10H,3-4H2,1-2H3,(H,20,22). The molecular formula is C16H17BrClN3O3S. The van der Waals surface area contributed by atoms with Gasteiger partial charge in [0.25, 0.3) is 5.91 Å². The highest BCUT2D eigenvalue weighted by molar-refractivity contribution is 9.10. The molecule has 0 aliphatic rings. The van der Waals surface area contributed by atoms with Gasteiger partial charge in [0.1, 0.15) is 4.90 Å². The van der Waals surface area contributed by atoms with Crippen LogP contribution in [0.4, 0.5) is 5.69 Å². The van der Waals surface area contributed by atoms with Crippen molar-refractivity contribution in [2.24, 2.45) is 0 Å². The van der Waals surface area contributed by atoms with Crippen LogP contribution in [-0.4, -0.2) is 36.7 Å². The van der Waals surface area contributed by atoms with Crippen LogP contribution in [0.2, 0.25) is 5.02 Å². The molecule has 1 amide bonds. The first-order chi connectivity index (χ1) is 11.8. The molecule has 1 aromatic heterocycles. The van der Waals surface area contributed by atoms with Crippen LogP contribution in [0.3, 0.4) is 0 Å². The van der Waals surface area contributed by atoms with Gasteiger partial charge in [0.2, 0.25) is 10.0 Å². The predicted octanol–water partition coefficient (Wildman–Crippen LogP) is 3.78. The number of benzene rings is 1. The average molecular weight is 447 g/mol. The Morgan fingerprint density at radius 3 is 2.52 bits per heavy atom. The van der Waals surface area contributed by atoms with Crippen molar-refractivity contribution in [3.8, 4) is 0 Å². The Balaban J connectivity index is 2.34. The van der Waals surface area contributed by atoms with Gasteiger partial charge in [0, 0.05) is 35.6 Å². The van der Waals surface area contributed by atoms with Crippen LogP contribution < -0.4 is 5.32 Å². The van der Waals surface area contributed by atoms with Gasteiger partial charge in [0.15, 0.2) is 0 Å². The summed E-state index contributed by atoms with van der Waals surface area (Å²) in [5, 5.41) is 2.76. The number of halogens is 2. The Kier molecular flexibility index (Phi) is 6.56. The quantitative estimate of drug-likeness (QED) is 0.732. The van der Waals surface area contributed by atoms with E-state index in [0.717, 1.165) is 0 Å². The lowest BCUT2D eigenvalue weighted by Crippen LogP contribution is -2.30. The van der Waals surface area contributed by atoms with Crippen LogP contribution >= 0.6 is 27.5 Å². The van der Waals surface area contributed by atoms with Crippen LogP contribution in [0.5, 0.6) is 0 Å². The number of nitrogens with zero attached hydrogens (tertiary/aromatic N) is 2. The Bertz CT molecular complexity index is 886. The normalized spacial score (nSPS) is 11.6. The van der Waals surface area contributed by atoms with E-state index in [0.29, 0.717) is 28.8 Å². The molecule has 0 saturated carbocycles. The van der Waals surface area contributed by atoms with Crippen molar-refractivity contribution >= 4 is 49.1 Å². The van der Waals surface area contributed by atoms with Crippen LogP contribution in [0, 0.1) is 0 Å². The fourth-order valence-electron chi connectivity index (χ4n) is 2.22. The maximum absolute atomic E-state index is 12.7. The van der Waals surface area contributed by atoms with Crippen molar-refractivity contribution in [2.75, 3.05) is 18.4 Å². The summed E-state index contributed by atoms with van der Waals surface area (Å²) in [5.74, 6) is -0.401. The largest absolute Gasteiger partial charge is 0.322 e. The van der Waals surface area contributed by atoms with Crippen molar-refractivity contribution in [1.82, 2.24) is 9.29 Å². The third-order valence-corrected chi connectivity index (χ3v) is 6.44. The molecule has 2 aromatic rings. The van der Waals surface area contributed by atoms with E-state index in [1.807, 2.05) is 0 Å². The number of hydrogen-bond donors (Lipinski definition) is 1. The number of pyridine rings is 1. The first kappa shape index (κ1) is 19.8. The Labute approximate surface area is 160 Å². The second-order valence-electron chi connectivity index (χ2n) is 5.08. The molecule has 25 heavy (non-hydrogen) atoms. The molecular weight excluding hydrogens is 430 g/mol. The number of aromatic nitrogens is 1. The van der Waals surface area contributed by atoms with E-state index in [9.17, 15) is 13.2 Å². The third-order valence-electron chi connectivity index (χ3n) is 3.48. The molecule has 134 valence electrons. The minimum absolute atomic E-state index is 0.0389. The summed E-state index contributed by atoms with van der Waals surface area (Å²) in [5.41, 5.74) is 0.678. The molecule has 2 rings (SSSR count). The van der Waals surface area contributed by atoms with Crippen LogP contribution in [0.25, 0.3) is 0 Å². The second kappa shape index (κ2) is 8.27. The van der Waals surface area contributed by atoms with E-state index < -0.39 is 15.9 Å². The van der Waals surface area contributed by atoms with E-state index >= 15 is 0 Å². The Morgan fingerprint density at radius 1 is 1.24 bits per heavy atom. The van der Waals surface area contributed by atoms with Crippen LogP contribution in [0.1, 0.15) is 24.2 Å². The zero-order valence-corrected chi connectivity index (χ0v) is 16.8. The highest BCUT2D eigenvalue weighted by atomic mass is 79.9. The number of nitrogens with one attached hydrogen (secondary N) is 1. The molecule has 1 N–H and O–H groups in total. The van der Waals surface area contributed by atoms with Crippen molar-refractivity contribution < 1.29 is 13.2 Å². The number of carbonyl (C=O) groups excluding carboxylic acids is 1. The zero-order valence-electron chi connectivity index (χ0n) is 13.7. The lowest BCUT2D eigenvalue weighted by atomic mass is 10.2. The monoisotopic (exact) mass is 445 g/mol. The summed E-state index contributed by atoms with van der Waals surface area (Å²) in [7, 11) is -3.73. The van der Waals surface area contributed by atoms with E-state index in [4.69, 9.17) is 11.6 Å². The molecule has 0 atom stereocenters. The maximum atomic E-state index is 12.7. The molecule has 0 fully saturated rings. The Morgan fingerprint density at radius 2 is 1.92 bits per heavy atom. The van der Waals surface area contributed by atoms with E-state index in [1.54, 1.807) is 32.2 Å². The summed E-state index contributed by atoms with van der Waals surface area (Å²) >= 11 is 9.33. The number of rotatable bonds is 6. The van der Waals surface area contributed by atoms with Crippen molar-refractivity contribution in [1.29, 1.82) is 0 Å². The molecule has 1 heterocycles. The predicted molar refractivity (Wildman–Crippen MR) is 101 cm³/mol. The molecule has 0 bridgehead atoms. The maximum Gasteiger partial charge on any atom is 0.257 e. The molecule has 0 unspecified atom stereocenters. The summed E-state index contributed by atoms with van der Waals surface area (Å²) in [6.07, 6.45) is 2.98. The molecule has 0 saturated heterocycles. The number of amides is 1. The first-order valence-corrected chi connectivity index (χ1v) is 10.1. The van der Waals surface area contributed by atoms with E-state index in [-0.39, 0.29) is 9.92 Å². The third kappa shape index (κ3) is 4.58. The zero-order chi connectivity index (χ0) is 18.6. The van der Waals surface area contributed by atoms with Crippen LogP contribution in [0.15, 0.2) is 46.0 Å². The fourth-order valence-corrected chi connectivity index (χ4v) is 4.54. The smallest absolute Gasteiger partial charge is 0.257 e. The van der Waals surface area contributed by atoms with Gasteiger partial charge in [-0.1, -0.05) is 25.4 Å². The number of carbonyl (C=O) groups is 1. The lowest BCUT2D eigenvalue weighted by Gasteiger charge is -2.19. The fraction of sp³-hybridized carbons (Fsp3) is 0.250. The summed E-state index contributed by atoms with van der Waals surface area (Å²) in [6, 6.07) is 5.98. The highest BCUT2D eigenvalue weighted by Crippen LogP contribution is 2.28. The number of anilines is 1. The Hall–Kier alpha value is -1.48. The molecule has 6 nitrogen and oxygen atoms in total. The minimum atomic E-state index is -3.73. The SMILES string of the molecule is CCN(CC)S(=O)(=O)c1cc(NC(=O)c2cncc(Br)c2)ccc1Cl. The van der Waals surface area contributed by atoms with Gasteiger partial charge in [-0.15, -0.1) is 0 Å². The number of hydrogen-bond acceptors (Lipinski definition) is 4. The second-order valence-corrected chi connectivity index (χ2v) is 8.31. The van der Waals surface area contributed by atoms with E-state index in [2.05, 4.69) is 26.2 Å². The van der Waals surface area contributed by atoms with Gasteiger partial charge < -0.3 is 5.32 Å². The van der Waals surface area contributed by atoms with Gasteiger partial charge in [0.05, 0.1) is 10.6 Å². The molecule has 0 spiro atoms. The number of sulfonamides is 1. The summed E-state index contributed by atoms with van der Waals surface area (Å²) in [4.78, 5) is 16.2. The highest BCUT2D eigenvalue weighted by Gasteiger charge is 2.25. The van der Waals surface area contributed by atoms with Gasteiger partial charge in [-0.25, -0.2) is 8.42 Å². The van der Waals surface area contributed by atoms with Crippen molar-refractivity contribution in [2.45, 2.75) is 18.7 Å². The molecule has 0 aliphatic carbocycles. The van der Waals surface area contributed by atoms with Gasteiger partial charge >= 0.3 is 0 Å². The molecule has 9 heteroatoms. The average Bonchev–Trinajstić information content (AvgIpc) is 2.57. The van der Waals surface area contributed by atoms with Crippen molar-refractivity contribution in [3.63, 3.8) is 0 Å². The summed E-state index contributed by atoms with van der Waals surface area (Å²) in [6.45, 7) is 4.16. The lowest BCUT2D eigenvalue weighted by molar-refractivity contribution is 0.102. The van der Waals surface area contributed by atoms with Crippen molar-refractivity contribution in [3.05, 3.63) is 51.7 Å². The first-order valence-electron chi connectivity index (χ1n) is 7.51. The molecule has 0 radical (unpaired) electrons. The van der Waals surface area contributed by atoms with Gasteiger partial charge in [-0.05, 0) is 40.2 Å². The summed E-state index contributed by atoms with van der Waals surface area (Å²) < 4.78 is 27.3. The topological polar surface area (TPSA) is 79.4 Å². The molecule has 0 aliphatic heterocycles. The van der Waals surface area contributed by atoms with E-state index in [1.165, 1.54) is 22.6 Å². The minimum Gasteiger partial charge on any atom is -0.322 e. The van der Waals surface area contributed by atoms with Gasteiger partial charge in [-0.2, -0.15) is 4.31 Å².